The lowest BCUT2D eigenvalue weighted by Gasteiger charge is -2.12. The minimum Gasteiger partial charge on any atom is -0.493 e. The van der Waals surface area contributed by atoms with Gasteiger partial charge in [-0.05, 0) is 18.2 Å². The Morgan fingerprint density at radius 3 is 3.06 bits per heavy atom. The van der Waals surface area contributed by atoms with Gasteiger partial charge in [-0.15, -0.1) is 0 Å². The Balaban J connectivity index is 1.54. The topological polar surface area (TPSA) is 93.9 Å². The highest BCUT2D eigenvalue weighted by molar-refractivity contribution is 5.77. The largest absolute Gasteiger partial charge is 0.493 e. The number of ether oxygens (including phenoxy) is 1. The third kappa shape index (κ3) is 3.25. The molecule has 1 aromatic carbocycles. The SMILES string of the molecule is [C-]#[N+]c1cn2c(NCc3c(F)ccc4c3CCO4)ncc(-c3ccnn3CCO)c2n1. The Morgan fingerprint density at radius 1 is 1.32 bits per heavy atom. The summed E-state index contributed by atoms with van der Waals surface area (Å²) >= 11 is 0. The van der Waals surface area contributed by atoms with Gasteiger partial charge in [-0.25, -0.2) is 9.37 Å². The van der Waals surface area contributed by atoms with Crippen molar-refractivity contribution in [2.45, 2.75) is 19.5 Å². The van der Waals surface area contributed by atoms with Gasteiger partial charge < -0.3 is 20.0 Å². The molecule has 0 saturated carbocycles. The van der Waals surface area contributed by atoms with Gasteiger partial charge in [0.15, 0.2) is 0 Å². The van der Waals surface area contributed by atoms with E-state index in [-0.39, 0.29) is 24.8 Å². The molecule has 31 heavy (non-hydrogen) atoms. The average molecular weight is 419 g/mol. The van der Waals surface area contributed by atoms with E-state index in [1.807, 2.05) is 0 Å². The van der Waals surface area contributed by atoms with E-state index in [4.69, 9.17) is 11.3 Å². The molecule has 156 valence electrons. The van der Waals surface area contributed by atoms with E-state index in [0.717, 1.165) is 11.3 Å². The van der Waals surface area contributed by atoms with Crippen LogP contribution >= 0.6 is 0 Å². The molecule has 10 heteroatoms. The van der Waals surface area contributed by atoms with Gasteiger partial charge >= 0.3 is 0 Å². The van der Waals surface area contributed by atoms with E-state index >= 15 is 0 Å². The number of hydrogen-bond acceptors (Lipinski definition) is 6. The summed E-state index contributed by atoms with van der Waals surface area (Å²) in [6.45, 7) is 8.37. The molecular weight excluding hydrogens is 401 g/mol. The summed E-state index contributed by atoms with van der Waals surface area (Å²) < 4.78 is 23.3. The number of halogens is 1. The monoisotopic (exact) mass is 419 g/mol. The third-order valence-electron chi connectivity index (χ3n) is 5.26. The van der Waals surface area contributed by atoms with E-state index in [0.29, 0.717) is 48.0 Å². The smallest absolute Gasteiger partial charge is 0.288 e. The van der Waals surface area contributed by atoms with Crippen LogP contribution in [0.1, 0.15) is 11.1 Å². The number of rotatable bonds is 6. The van der Waals surface area contributed by atoms with Crippen molar-refractivity contribution >= 4 is 17.4 Å². The highest BCUT2D eigenvalue weighted by Gasteiger charge is 2.21. The van der Waals surface area contributed by atoms with Crippen LogP contribution in [0.3, 0.4) is 0 Å². The number of fused-ring (bicyclic) bond motifs is 2. The summed E-state index contributed by atoms with van der Waals surface area (Å²) in [7, 11) is 0. The predicted octanol–water partition coefficient (Wildman–Crippen LogP) is 2.82. The highest BCUT2D eigenvalue weighted by atomic mass is 19.1. The van der Waals surface area contributed by atoms with Gasteiger partial charge in [0.05, 0.1) is 31.0 Å². The number of nitrogens with one attached hydrogen (secondary N) is 1. The van der Waals surface area contributed by atoms with E-state index in [9.17, 15) is 9.50 Å². The van der Waals surface area contributed by atoms with Gasteiger partial charge in [0.1, 0.15) is 11.6 Å². The molecule has 0 amide bonds. The van der Waals surface area contributed by atoms with Gasteiger partial charge in [0.25, 0.3) is 5.82 Å². The van der Waals surface area contributed by atoms with E-state index < -0.39 is 0 Å². The summed E-state index contributed by atoms with van der Waals surface area (Å²) in [5.74, 6) is 1.06. The maximum atomic E-state index is 14.5. The van der Waals surface area contributed by atoms with E-state index in [2.05, 4.69) is 25.2 Å². The molecule has 1 aliphatic rings. The van der Waals surface area contributed by atoms with Crippen molar-refractivity contribution in [1.82, 2.24) is 24.1 Å². The van der Waals surface area contributed by atoms with Crippen molar-refractivity contribution in [2.75, 3.05) is 18.5 Å². The molecule has 0 fully saturated rings. The number of imidazole rings is 1. The van der Waals surface area contributed by atoms with Crippen molar-refractivity contribution in [2.24, 2.45) is 0 Å². The number of hydrogen-bond donors (Lipinski definition) is 2. The third-order valence-corrected chi connectivity index (χ3v) is 5.26. The first-order valence-corrected chi connectivity index (χ1v) is 9.75. The number of benzene rings is 1. The fourth-order valence-corrected chi connectivity index (χ4v) is 3.84. The second-order valence-corrected chi connectivity index (χ2v) is 7.02. The second-order valence-electron chi connectivity index (χ2n) is 7.02. The first-order chi connectivity index (χ1) is 15.2. The first-order valence-electron chi connectivity index (χ1n) is 9.75. The van der Waals surface area contributed by atoms with E-state index in [1.54, 1.807) is 39.8 Å². The van der Waals surface area contributed by atoms with Crippen LogP contribution in [0.2, 0.25) is 0 Å². The zero-order valence-electron chi connectivity index (χ0n) is 16.4. The summed E-state index contributed by atoms with van der Waals surface area (Å²) in [5, 5.41) is 16.7. The van der Waals surface area contributed by atoms with Crippen molar-refractivity contribution < 1.29 is 14.2 Å². The predicted molar refractivity (Wildman–Crippen MR) is 110 cm³/mol. The molecule has 4 heterocycles. The molecule has 2 N–H and O–H groups in total. The van der Waals surface area contributed by atoms with Crippen LogP contribution in [0, 0.1) is 12.4 Å². The van der Waals surface area contributed by atoms with Crippen molar-refractivity contribution in [3.63, 3.8) is 0 Å². The first kappa shape index (κ1) is 19.0. The van der Waals surface area contributed by atoms with Gasteiger partial charge in [-0.3, -0.25) is 9.08 Å². The molecule has 0 aliphatic carbocycles. The molecule has 5 rings (SSSR count). The minimum atomic E-state index is -0.301. The van der Waals surface area contributed by atoms with Crippen molar-refractivity contribution in [3.8, 4) is 17.0 Å². The molecule has 4 aromatic rings. The Labute approximate surface area is 176 Å². The molecule has 1 aliphatic heterocycles. The van der Waals surface area contributed by atoms with Crippen LogP contribution in [0.5, 0.6) is 5.75 Å². The summed E-state index contributed by atoms with van der Waals surface area (Å²) in [4.78, 5) is 12.3. The normalized spacial score (nSPS) is 12.5. The lowest BCUT2D eigenvalue weighted by molar-refractivity contribution is 0.270. The van der Waals surface area contributed by atoms with Crippen LogP contribution in [0.15, 0.2) is 36.8 Å². The molecular formula is C21H18FN7O2. The second kappa shape index (κ2) is 7.70. The van der Waals surface area contributed by atoms with Crippen molar-refractivity contribution in [3.05, 3.63) is 65.2 Å². The van der Waals surface area contributed by atoms with Crippen LogP contribution in [-0.2, 0) is 19.5 Å². The van der Waals surface area contributed by atoms with Crippen LogP contribution in [0.4, 0.5) is 16.2 Å². The molecule has 0 radical (unpaired) electrons. The average Bonchev–Trinajstić information content (AvgIpc) is 3.52. The number of aliphatic hydroxyl groups excluding tert-OH is 1. The van der Waals surface area contributed by atoms with Crippen molar-refractivity contribution in [1.29, 1.82) is 0 Å². The number of nitrogens with zero attached hydrogens (tertiary/aromatic N) is 6. The van der Waals surface area contributed by atoms with Gasteiger partial charge in [-0.2, -0.15) is 5.10 Å². The van der Waals surface area contributed by atoms with Crippen LogP contribution in [0.25, 0.3) is 21.7 Å². The molecule has 0 saturated heterocycles. The highest BCUT2D eigenvalue weighted by Crippen LogP contribution is 2.31. The molecule has 3 aromatic heterocycles. The Morgan fingerprint density at radius 2 is 2.23 bits per heavy atom. The standard InChI is InChI=1S/C21H18FN7O2/c1-23-19-12-28-20(27-19)15(17-4-6-26-29(17)7-8-30)11-25-21(28)24-10-14-13-5-9-31-18(13)3-2-16(14)22/h2-4,6,11-12,30H,5,7-10H2,(H,24,25). The van der Waals surface area contributed by atoms with E-state index in [1.165, 1.54) is 6.07 Å². The Kier molecular flexibility index (Phi) is 4.72. The maximum absolute atomic E-state index is 14.5. The molecule has 0 atom stereocenters. The van der Waals surface area contributed by atoms with Gasteiger partial charge in [-0.1, -0.05) is 11.6 Å². The molecule has 0 bridgehead atoms. The lowest BCUT2D eigenvalue weighted by atomic mass is 10.0. The fraction of sp³-hybridized carbons (Fsp3) is 0.238. The summed E-state index contributed by atoms with van der Waals surface area (Å²) in [6.07, 6.45) is 5.52. The number of anilines is 1. The Hall–Kier alpha value is -3.97. The van der Waals surface area contributed by atoms with Crippen LogP contribution in [-0.4, -0.2) is 42.5 Å². The quantitative estimate of drug-likeness (QED) is 0.467. The molecule has 9 nitrogen and oxygen atoms in total. The summed E-state index contributed by atoms with van der Waals surface area (Å²) in [6, 6.07) is 4.86. The molecule has 0 spiro atoms. The lowest BCUT2D eigenvalue weighted by Crippen LogP contribution is -2.10. The maximum Gasteiger partial charge on any atom is 0.288 e. The number of aromatic nitrogens is 5. The van der Waals surface area contributed by atoms with Gasteiger partial charge in [0.2, 0.25) is 11.6 Å². The minimum absolute atomic E-state index is 0.0591. The fourth-order valence-electron chi connectivity index (χ4n) is 3.84. The zero-order valence-corrected chi connectivity index (χ0v) is 16.4. The van der Waals surface area contributed by atoms with Crippen LogP contribution < -0.4 is 10.1 Å². The summed E-state index contributed by atoms with van der Waals surface area (Å²) in [5.41, 5.74) is 3.32. The van der Waals surface area contributed by atoms with Gasteiger partial charge in [0, 0.05) is 42.7 Å². The number of aliphatic hydroxyl groups is 1. The molecule has 0 unspecified atom stereocenters. The Bertz CT molecular complexity index is 1320. The zero-order chi connectivity index (χ0) is 21.4.